The van der Waals surface area contributed by atoms with E-state index in [0.29, 0.717) is 16.6 Å². The molecule has 1 atom stereocenters. The number of hydrogen-bond acceptors (Lipinski definition) is 4. The molecule has 2 aromatic carbocycles. The third-order valence-corrected chi connectivity index (χ3v) is 8.18. The highest BCUT2D eigenvalue weighted by molar-refractivity contribution is 9.10. The first-order chi connectivity index (χ1) is 17.1. The molecule has 1 saturated carbocycles. The van der Waals surface area contributed by atoms with Gasteiger partial charge in [0.15, 0.2) is 0 Å². The van der Waals surface area contributed by atoms with E-state index in [1.165, 1.54) is 11.3 Å². The van der Waals surface area contributed by atoms with Crippen LogP contribution >= 0.6 is 15.9 Å². The first-order valence-corrected chi connectivity index (χ1v) is 15.1. The average Bonchev–Trinajstić information content (AvgIpc) is 2.82. The van der Waals surface area contributed by atoms with Crippen LogP contribution in [0.2, 0.25) is 0 Å². The minimum atomic E-state index is -3.75. The van der Waals surface area contributed by atoms with Gasteiger partial charge in [0.05, 0.1) is 11.9 Å². The summed E-state index contributed by atoms with van der Waals surface area (Å²) in [6.45, 7) is 3.67. The van der Waals surface area contributed by atoms with E-state index >= 15 is 0 Å². The van der Waals surface area contributed by atoms with E-state index in [9.17, 15) is 18.0 Å². The number of nitrogens with one attached hydrogen (secondary N) is 1. The molecule has 1 aliphatic carbocycles. The second-order valence-electron chi connectivity index (χ2n) is 9.53. The molecule has 0 heterocycles. The standard InChI is InChI=1S/C27H36BrN3O4S/c1-4-25(27(33)29-23-13-6-5-7-14-23)30(18-21-11-8-10-20(2)16-21)26(32)19-31(36(3,34)35)24-15-9-12-22(28)17-24/h8-12,15-17,23,25H,4-7,13-14,18-19H2,1-3H3,(H,29,33)/t25-/m1/s1. The summed E-state index contributed by atoms with van der Waals surface area (Å²) in [6, 6.07) is 14.0. The molecule has 0 radical (unpaired) electrons. The Labute approximate surface area is 223 Å². The monoisotopic (exact) mass is 577 g/mol. The molecule has 2 amide bonds. The smallest absolute Gasteiger partial charge is 0.244 e. The van der Waals surface area contributed by atoms with Crippen molar-refractivity contribution >= 4 is 43.5 Å². The molecule has 1 aliphatic rings. The van der Waals surface area contributed by atoms with Gasteiger partial charge >= 0.3 is 0 Å². The molecule has 0 unspecified atom stereocenters. The number of halogens is 1. The number of nitrogens with zero attached hydrogens (tertiary/aromatic N) is 2. The first-order valence-electron chi connectivity index (χ1n) is 12.5. The van der Waals surface area contributed by atoms with Crippen molar-refractivity contribution in [3.8, 4) is 0 Å². The van der Waals surface area contributed by atoms with Gasteiger partial charge in [-0.05, 0) is 49.9 Å². The summed E-state index contributed by atoms with van der Waals surface area (Å²) < 4.78 is 27.2. The van der Waals surface area contributed by atoms with Gasteiger partial charge in [-0.2, -0.15) is 0 Å². The maximum absolute atomic E-state index is 13.8. The summed E-state index contributed by atoms with van der Waals surface area (Å²) in [5.74, 6) is -0.605. The number of benzene rings is 2. The zero-order chi connectivity index (χ0) is 26.3. The highest BCUT2D eigenvalue weighted by atomic mass is 79.9. The fourth-order valence-corrected chi connectivity index (χ4v) is 5.94. The van der Waals surface area contributed by atoms with Gasteiger partial charge in [-0.25, -0.2) is 8.42 Å². The number of aryl methyl sites for hydroxylation is 1. The number of sulfonamides is 1. The van der Waals surface area contributed by atoms with Gasteiger partial charge in [0, 0.05) is 17.1 Å². The van der Waals surface area contributed by atoms with Gasteiger partial charge in [-0.1, -0.05) is 78.0 Å². The third-order valence-electron chi connectivity index (χ3n) is 6.55. The van der Waals surface area contributed by atoms with Crippen molar-refractivity contribution < 1.29 is 18.0 Å². The van der Waals surface area contributed by atoms with Crippen molar-refractivity contribution in [2.45, 2.75) is 71.0 Å². The highest BCUT2D eigenvalue weighted by Crippen LogP contribution is 2.24. The number of rotatable bonds is 10. The average molecular weight is 579 g/mol. The highest BCUT2D eigenvalue weighted by Gasteiger charge is 2.32. The van der Waals surface area contributed by atoms with Crippen molar-refractivity contribution in [1.29, 1.82) is 0 Å². The van der Waals surface area contributed by atoms with E-state index in [-0.39, 0.29) is 18.5 Å². The van der Waals surface area contributed by atoms with Gasteiger partial charge in [0.1, 0.15) is 12.6 Å². The molecule has 0 aromatic heterocycles. The Bertz CT molecular complexity index is 1170. The van der Waals surface area contributed by atoms with Gasteiger partial charge in [0.25, 0.3) is 0 Å². The fourth-order valence-electron chi connectivity index (χ4n) is 4.72. The largest absolute Gasteiger partial charge is 0.352 e. The van der Waals surface area contributed by atoms with Crippen LogP contribution in [-0.2, 0) is 26.2 Å². The SMILES string of the molecule is CC[C@H](C(=O)NC1CCCCC1)N(Cc1cccc(C)c1)C(=O)CN(c1cccc(Br)c1)S(C)(=O)=O. The molecule has 0 bridgehead atoms. The Hall–Kier alpha value is -2.39. The molecule has 0 spiro atoms. The molecule has 1 N–H and O–H groups in total. The predicted octanol–water partition coefficient (Wildman–Crippen LogP) is 4.78. The van der Waals surface area contributed by atoms with E-state index in [4.69, 9.17) is 0 Å². The Balaban J connectivity index is 1.91. The lowest BCUT2D eigenvalue weighted by atomic mass is 9.95. The van der Waals surface area contributed by atoms with Crippen molar-refractivity contribution in [1.82, 2.24) is 10.2 Å². The van der Waals surface area contributed by atoms with Gasteiger partial charge < -0.3 is 10.2 Å². The lowest BCUT2D eigenvalue weighted by Gasteiger charge is -2.34. The molecular formula is C27H36BrN3O4S. The molecule has 0 aliphatic heterocycles. The number of carbonyl (C=O) groups is 2. The minimum Gasteiger partial charge on any atom is -0.352 e. The molecule has 36 heavy (non-hydrogen) atoms. The van der Waals surface area contributed by atoms with Crippen LogP contribution in [0.3, 0.4) is 0 Å². The van der Waals surface area contributed by atoms with E-state index in [2.05, 4.69) is 21.2 Å². The van der Waals surface area contributed by atoms with Crippen LogP contribution in [0, 0.1) is 6.92 Å². The second kappa shape index (κ2) is 12.7. The Morgan fingerprint density at radius 1 is 1.08 bits per heavy atom. The molecule has 9 heteroatoms. The molecular weight excluding hydrogens is 542 g/mol. The quantitative estimate of drug-likeness (QED) is 0.440. The van der Waals surface area contributed by atoms with Gasteiger partial charge in [-0.15, -0.1) is 0 Å². The minimum absolute atomic E-state index is 0.116. The van der Waals surface area contributed by atoms with E-state index in [1.807, 2.05) is 38.1 Å². The summed E-state index contributed by atoms with van der Waals surface area (Å²) in [7, 11) is -3.75. The van der Waals surface area contributed by atoms with Crippen LogP contribution < -0.4 is 9.62 Å². The fraction of sp³-hybridized carbons (Fsp3) is 0.481. The van der Waals surface area contributed by atoms with Gasteiger partial charge in [0.2, 0.25) is 21.8 Å². The van der Waals surface area contributed by atoms with E-state index < -0.39 is 28.5 Å². The van der Waals surface area contributed by atoms with Crippen LogP contribution in [-0.4, -0.2) is 50.0 Å². The zero-order valence-electron chi connectivity index (χ0n) is 21.2. The second-order valence-corrected chi connectivity index (χ2v) is 12.4. The third kappa shape index (κ3) is 7.80. The molecule has 196 valence electrons. The van der Waals surface area contributed by atoms with Crippen LogP contribution in [0.15, 0.2) is 53.0 Å². The Kier molecular flexibility index (Phi) is 9.96. The van der Waals surface area contributed by atoms with E-state index in [1.54, 1.807) is 24.3 Å². The van der Waals surface area contributed by atoms with Crippen molar-refractivity contribution in [2.24, 2.45) is 0 Å². The number of hydrogen-bond donors (Lipinski definition) is 1. The zero-order valence-corrected chi connectivity index (χ0v) is 23.6. The molecule has 2 aromatic rings. The van der Waals surface area contributed by atoms with E-state index in [0.717, 1.165) is 47.4 Å². The Morgan fingerprint density at radius 2 is 1.78 bits per heavy atom. The molecule has 1 fully saturated rings. The maximum Gasteiger partial charge on any atom is 0.244 e. The molecule has 0 saturated heterocycles. The first kappa shape index (κ1) is 28.2. The Morgan fingerprint density at radius 3 is 2.39 bits per heavy atom. The van der Waals surface area contributed by atoms with Crippen LogP contribution in [0.4, 0.5) is 5.69 Å². The molecule has 3 rings (SSSR count). The van der Waals surface area contributed by atoms with Crippen LogP contribution in [0.5, 0.6) is 0 Å². The summed E-state index contributed by atoms with van der Waals surface area (Å²) in [5, 5.41) is 3.15. The summed E-state index contributed by atoms with van der Waals surface area (Å²) in [4.78, 5) is 28.7. The van der Waals surface area contributed by atoms with Crippen molar-refractivity contribution in [3.63, 3.8) is 0 Å². The predicted molar refractivity (Wildman–Crippen MR) is 147 cm³/mol. The summed E-state index contributed by atoms with van der Waals surface area (Å²) in [5.41, 5.74) is 2.32. The van der Waals surface area contributed by atoms with Gasteiger partial charge in [-0.3, -0.25) is 13.9 Å². The summed E-state index contributed by atoms with van der Waals surface area (Å²) in [6.07, 6.45) is 6.74. The number of carbonyl (C=O) groups excluding carboxylic acids is 2. The van der Waals surface area contributed by atoms with Crippen LogP contribution in [0.25, 0.3) is 0 Å². The summed E-state index contributed by atoms with van der Waals surface area (Å²) >= 11 is 3.37. The van der Waals surface area contributed by atoms with Crippen molar-refractivity contribution in [3.05, 3.63) is 64.1 Å². The normalized spacial score (nSPS) is 15.2. The maximum atomic E-state index is 13.8. The van der Waals surface area contributed by atoms with Crippen molar-refractivity contribution in [2.75, 3.05) is 17.1 Å². The lowest BCUT2D eigenvalue weighted by molar-refractivity contribution is -0.140. The van der Waals surface area contributed by atoms with Crippen LogP contribution in [0.1, 0.15) is 56.6 Å². The lowest BCUT2D eigenvalue weighted by Crippen LogP contribution is -2.53. The number of amides is 2. The number of anilines is 1. The molecule has 7 nitrogen and oxygen atoms in total. The topological polar surface area (TPSA) is 86.8 Å².